The van der Waals surface area contributed by atoms with Crippen molar-refractivity contribution in [3.05, 3.63) is 48.5 Å². The number of ether oxygens (including phenoxy) is 2. The molecule has 3 heterocycles. The molecule has 2 saturated heterocycles. The Labute approximate surface area is 180 Å². The summed E-state index contributed by atoms with van der Waals surface area (Å²) in [6, 6.07) is 16.0. The molecule has 5 rings (SSSR count). The van der Waals surface area contributed by atoms with E-state index in [4.69, 9.17) is 9.47 Å². The standard InChI is InChI=1S/C23H25N3O3S/c1-16(27)26-15-23(2)13-17(26)14-25(23)11-12-28-18-7-9-19(10-8-18)29-22-24-20-5-3-4-6-21(20)30-22/h3-10,17H,11-15H2,1-2H3/t17-,23+/m0/s1. The Morgan fingerprint density at radius 3 is 2.67 bits per heavy atom. The average Bonchev–Trinajstić information content (AvgIpc) is 3.38. The van der Waals surface area contributed by atoms with E-state index in [2.05, 4.69) is 16.8 Å². The van der Waals surface area contributed by atoms with Gasteiger partial charge in [0, 0.05) is 38.1 Å². The predicted octanol–water partition coefficient (Wildman–Crippen LogP) is 4.16. The highest BCUT2D eigenvalue weighted by Gasteiger charge is 2.52. The van der Waals surface area contributed by atoms with E-state index in [1.807, 2.05) is 53.4 Å². The van der Waals surface area contributed by atoms with Crippen LogP contribution in [0.15, 0.2) is 48.5 Å². The van der Waals surface area contributed by atoms with E-state index in [-0.39, 0.29) is 11.4 Å². The highest BCUT2D eigenvalue weighted by atomic mass is 32.1. The van der Waals surface area contributed by atoms with Gasteiger partial charge in [0.1, 0.15) is 18.1 Å². The molecule has 0 unspecified atom stereocenters. The fourth-order valence-corrected chi connectivity index (χ4v) is 5.48. The van der Waals surface area contributed by atoms with E-state index < -0.39 is 0 Å². The quantitative estimate of drug-likeness (QED) is 0.596. The van der Waals surface area contributed by atoms with Crippen LogP contribution in [0.5, 0.6) is 16.7 Å². The minimum Gasteiger partial charge on any atom is -0.492 e. The first-order valence-corrected chi connectivity index (χ1v) is 11.1. The maximum atomic E-state index is 11.7. The van der Waals surface area contributed by atoms with Crippen molar-refractivity contribution in [3.63, 3.8) is 0 Å². The molecule has 3 aromatic rings. The Morgan fingerprint density at radius 1 is 1.20 bits per heavy atom. The molecule has 7 heteroatoms. The van der Waals surface area contributed by atoms with Crippen LogP contribution in [-0.4, -0.2) is 58.5 Å². The summed E-state index contributed by atoms with van der Waals surface area (Å²) in [6.45, 7) is 7.17. The van der Waals surface area contributed by atoms with Gasteiger partial charge in [-0.15, -0.1) is 0 Å². The van der Waals surface area contributed by atoms with Crippen molar-refractivity contribution in [1.82, 2.24) is 14.8 Å². The third-order valence-electron chi connectivity index (χ3n) is 6.16. The summed E-state index contributed by atoms with van der Waals surface area (Å²) >= 11 is 1.54. The fourth-order valence-electron chi connectivity index (χ4n) is 4.65. The second-order valence-corrected chi connectivity index (χ2v) is 9.31. The van der Waals surface area contributed by atoms with Gasteiger partial charge in [-0.25, -0.2) is 4.98 Å². The Morgan fingerprint density at radius 2 is 1.97 bits per heavy atom. The number of thiazole rings is 1. The molecule has 2 bridgehead atoms. The number of piperazine rings is 1. The number of aromatic nitrogens is 1. The van der Waals surface area contributed by atoms with Crippen LogP contribution in [0.25, 0.3) is 10.2 Å². The van der Waals surface area contributed by atoms with Crippen molar-refractivity contribution in [2.45, 2.75) is 31.8 Å². The van der Waals surface area contributed by atoms with Gasteiger partial charge in [0.15, 0.2) is 0 Å². The van der Waals surface area contributed by atoms with E-state index >= 15 is 0 Å². The number of fused-ring (bicyclic) bond motifs is 3. The molecule has 2 atom stereocenters. The van der Waals surface area contributed by atoms with E-state index in [1.165, 1.54) is 11.3 Å². The number of carbonyl (C=O) groups excluding carboxylic acids is 1. The summed E-state index contributed by atoms with van der Waals surface area (Å²) in [5, 5.41) is 0.641. The summed E-state index contributed by atoms with van der Waals surface area (Å²) in [4.78, 5) is 20.7. The maximum absolute atomic E-state index is 11.7. The smallest absolute Gasteiger partial charge is 0.279 e. The first kappa shape index (κ1) is 19.3. The zero-order valence-corrected chi connectivity index (χ0v) is 18.0. The average molecular weight is 424 g/mol. The van der Waals surface area contributed by atoms with Gasteiger partial charge in [0.05, 0.1) is 10.2 Å². The van der Waals surface area contributed by atoms with Crippen LogP contribution in [0.4, 0.5) is 0 Å². The molecule has 0 radical (unpaired) electrons. The van der Waals surface area contributed by atoms with Gasteiger partial charge in [-0.3, -0.25) is 9.69 Å². The first-order chi connectivity index (χ1) is 14.5. The van der Waals surface area contributed by atoms with Crippen molar-refractivity contribution in [1.29, 1.82) is 0 Å². The molecular formula is C23H25N3O3S. The lowest BCUT2D eigenvalue weighted by molar-refractivity contribution is -0.132. The lowest BCUT2D eigenvalue weighted by atomic mass is 10.0. The molecule has 2 aliphatic heterocycles. The summed E-state index contributed by atoms with van der Waals surface area (Å²) < 4.78 is 13.0. The summed E-state index contributed by atoms with van der Waals surface area (Å²) in [6.07, 6.45) is 1.06. The van der Waals surface area contributed by atoms with Gasteiger partial charge in [-0.1, -0.05) is 23.5 Å². The summed E-state index contributed by atoms with van der Waals surface area (Å²) in [7, 11) is 0. The Bertz CT molecular complexity index is 1030. The monoisotopic (exact) mass is 423 g/mol. The van der Waals surface area contributed by atoms with Crippen LogP contribution in [0.1, 0.15) is 20.3 Å². The van der Waals surface area contributed by atoms with Gasteiger partial charge in [0.2, 0.25) is 5.91 Å². The van der Waals surface area contributed by atoms with Gasteiger partial charge in [-0.2, -0.15) is 0 Å². The van der Waals surface area contributed by atoms with Crippen LogP contribution in [0.2, 0.25) is 0 Å². The van der Waals surface area contributed by atoms with E-state index in [9.17, 15) is 4.79 Å². The number of hydrogen-bond donors (Lipinski definition) is 0. The van der Waals surface area contributed by atoms with Crippen LogP contribution >= 0.6 is 11.3 Å². The SMILES string of the molecule is CC(=O)N1C[C@@]2(C)C[C@H]1CN2CCOc1ccc(Oc2nc3ccccc3s2)cc1. The Kier molecular flexibility index (Phi) is 4.87. The van der Waals surface area contributed by atoms with Crippen molar-refractivity contribution in [2.75, 3.05) is 26.2 Å². The Balaban J connectivity index is 1.13. The van der Waals surface area contributed by atoms with E-state index in [0.717, 1.165) is 47.8 Å². The van der Waals surface area contributed by atoms with Crippen LogP contribution in [0, 0.1) is 0 Å². The van der Waals surface area contributed by atoms with Crippen molar-refractivity contribution >= 4 is 27.5 Å². The highest BCUT2D eigenvalue weighted by molar-refractivity contribution is 7.20. The second kappa shape index (κ2) is 7.56. The minimum absolute atomic E-state index is 0.0780. The van der Waals surface area contributed by atoms with Crippen LogP contribution in [-0.2, 0) is 4.79 Å². The number of para-hydroxylation sites is 1. The third kappa shape index (κ3) is 3.63. The molecule has 2 aliphatic rings. The molecule has 6 nitrogen and oxygen atoms in total. The lowest BCUT2D eigenvalue weighted by Crippen LogP contribution is -2.54. The molecule has 2 fully saturated rings. The van der Waals surface area contributed by atoms with Crippen molar-refractivity contribution < 1.29 is 14.3 Å². The number of rotatable bonds is 6. The second-order valence-electron chi connectivity index (χ2n) is 8.32. The van der Waals surface area contributed by atoms with Crippen molar-refractivity contribution in [2.24, 2.45) is 0 Å². The first-order valence-electron chi connectivity index (χ1n) is 10.3. The van der Waals surface area contributed by atoms with Gasteiger partial charge in [-0.05, 0) is 49.7 Å². The molecule has 0 N–H and O–H groups in total. The topological polar surface area (TPSA) is 54.9 Å². The molecule has 30 heavy (non-hydrogen) atoms. The fraction of sp³-hybridized carbons (Fsp3) is 0.391. The zero-order valence-electron chi connectivity index (χ0n) is 17.2. The molecule has 0 aliphatic carbocycles. The number of nitrogens with zero attached hydrogens (tertiary/aromatic N) is 3. The highest BCUT2D eigenvalue weighted by Crippen LogP contribution is 2.39. The minimum atomic E-state index is 0.0780. The molecule has 0 saturated carbocycles. The molecule has 1 amide bonds. The maximum Gasteiger partial charge on any atom is 0.279 e. The van der Waals surface area contributed by atoms with Gasteiger partial charge < -0.3 is 14.4 Å². The predicted molar refractivity (Wildman–Crippen MR) is 117 cm³/mol. The van der Waals surface area contributed by atoms with Crippen LogP contribution in [0.3, 0.4) is 0 Å². The Hall–Kier alpha value is -2.64. The number of likely N-dealkylation sites (tertiary alicyclic amines) is 2. The molecule has 156 valence electrons. The third-order valence-corrected chi connectivity index (χ3v) is 7.07. The number of hydrogen-bond acceptors (Lipinski definition) is 6. The summed E-state index contributed by atoms with van der Waals surface area (Å²) in [5.74, 6) is 1.76. The van der Waals surface area contributed by atoms with Crippen molar-refractivity contribution in [3.8, 4) is 16.7 Å². The van der Waals surface area contributed by atoms with Gasteiger partial charge >= 0.3 is 0 Å². The van der Waals surface area contributed by atoms with Gasteiger partial charge in [0.25, 0.3) is 5.19 Å². The van der Waals surface area contributed by atoms with E-state index in [1.54, 1.807) is 6.92 Å². The number of amides is 1. The molecule has 1 aromatic heterocycles. The molecular weight excluding hydrogens is 398 g/mol. The summed E-state index contributed by atoms with van der Waals surface area (Å²) in [5.41, 5.74) is 1.03. The van der Waals surface area contributed by atoms with Crippen LogP contribution < -0.4 is 9.47 Å². The zero-order chi connectivity index (χ0) is 20.7. The molecule has 0 spiro atoms. The number of carbonyl (C=O) groups is 1. The largest absolute Gasteiger partial charge is 0.492 e. The normalized spacial score (nSPS) is 23.3. The lowest BCUT2D eigenvalue weighted by Gasteiger charge is -2.39. The molecule has 2 aromatic carbocycles. The number of benzene rings is 2. The van der Waals surface area contributed by atoms with E-state index in [0.29, 0.717) is 17.8 Å².